The van der Waals surface area contributed by atoms with Gasteiger partial charge < -0.3 is 4.74 Å². The summed E-state index contributed by atoms with van der Waals surface area (Å²) in [4.78, 5) is 11.1. The Kier molecular flexibility index (Phi) is 2.93. The van der Waals surface area contributed by atoms with E-state index in [0.29, 0.717) is 6.61 Å². The standard InChI is InChI=1S/C10H12O2/c1-3-5-6-8-7-9(8)10(11)12-4-2/h3,8-9H,1,4,7H2,2H3/t8-,9-/m0/s1. The highest BCUT2D eigenvalue weighted by Crippen LogP contribution is 2.38. The average Bonchev–Trinajstić information content (AvgIpc) is 2.80. The number of carbonyl (C=O) groups excluding carboxylic acids is 1. The van der Waals surface area contributed by atoms with E-state index in [4.69, 9.17) is 4.74 Å². The lowest BCUT2D eigenvalue weighted by Gasteiger charge is -1.96. The number of hydrogen-bond donors (Lipinski definition) is 0. The maximum atomic E-state index is 11.1. The molecule has 2 nitrogen and oxygen atoms in total. The van der Waals surface area contributed by atoms with Crippen molar-refractivity contribution < 1.29 is 9.53 Å². The molecule has 1 aliphatic carbocycles. The summed E-state index contributed by atoms with van der Waals surface area (Å²) in [6.07, 6.45) is 2.39. The van der Waals surface area contributed by atoms with Gasteiger partial charge in [-0.1, -0.05) is 18.4 Å². The molecule has 0 aliphatic heterocycles. The SMILES string of the molecule is C=CC#C[C@H]1C[C@@H]1C(=O)OCC. The molecule has 0 heterocycles. The normalized spacial score (nSPS) is 25.1. The number of hydrogen-bond acceptors (Lipinski definition) is 2. The van der Waals surface area contributed by atoms with Gasteiger partial charge in [-0.25, -0.2) is 0 Å². The molecule has 1 fully saturated rings. The maximum Gasteiger partial charge on any atom is 0.310 e. The molecule has 0 radical (unpaired) electrons. The van der Waals surface area contributed by atoms with Crippen molar-refractivity contribution in [1.82, 2.24) is 0 Å². The van der Waals surface area contributed by atoms with Crippen LogP contribution in [-0.2, 0) is 9.53 Å². The molecule has 0 saturated heterocycles. The third kappa shape index (κ3) is 2.13. The second-order valence-corrected chi connectivity index (χ2v) is 2.69. The zero-order chi connectivity index (χ0) is 8.97. The fourth-order valence-electron chi connectivity index (χ4n) is 1.03. The zero-order valence-corrected chi connectivity index (χ0v) is 7.17. The van der Waals surface area contributed by atoms with Crippen LogP contribution < -0.4 is 0 Å². The van der Waals surface area contributed by atoms with E-state index in [1.54, 1.807) is 6.08 Å². The molecule has 0 amide bonds. The van der Waals surface area contributed by atoms with Gasteiger partial charge in [0.25, 0.3) is 0 Å². The number of carbonyl (C=O) groups is 1. The van der Waals surface area contributed by atoms with Gasteiger partial charge in [-0.3, -0.25) is 4.79 Å². The molecule has 1 saturated carbocycles. The Labute approximate surface area is 72.6 Å². The number of allylic oxidation sites excluding steroid dienone is 1. The first-order valence-corrected chi connectivity index (χ1v) is 4.08. The lowest BCUT2D eigenvalue weighted by Crippen LogP contribution is -2.06. The van der Waals surface area contributed by atoms with Gasteiger partial charge in [-0.15, -0.1) is 0 Å². The van der Waals surface area contributed by atoms with Gasteiger partial charge in [0.2, 0.25) is 0 Å². The van der Waals surface area contributed by atoms with Crippen molar-refractivity contribution in [3.05, 3.63) is 12.7 Å². The van der Waals surface area contributed by atoms with Crippen molar-refractivity contribution in [3.63, 3.8) is 0 Å². The summed E-state index contributed by atoms with van der Waals surface area (Å²) in [6.45, 7) is 5.74. The van der Waals surface area contributed by atoms with Crippen molar-refractivity contribution >= 4 is 5.97 Å². The van der Waals surface area contributed by atoms with Crippen molar-refractivity contribution in [2.45, 2.75) is 13.3 Å². The molecule has 0 aromatic rings. The topological polar surface area (TPSA) is 26.3 Å². The Hall–Kier alpha value is -1.23. The molecule has 1 aliphatic rings. The summed E-state index contributed by atoms with van der Waals surface area (Å²) >= 11 is 0. The first-order chi connectivity index (χ1) is 5.79. The molecule has 0 bridgehead atoms. The molecule has 2 heteroatoms. The molecule has 0 unspecified atom stereocenters. The molecule has 0 aromatic heterocycles. The third-order valence-corrected chi connectivity index (χ3v) is 1.75. The number of rotatable bonds is 2. The van der Waals surface area contributed by atoms with Gasteiger partial charge in [0.1, 0.15) is 0 Å². The summed E-state index contributed by atoms with van der Waals surface area (Å²) in [6, 6.07) is 0. The predicted octanol–water partition coefficient (Wildman–Crippen LogP) is 1.38. The largest absolute Gasteiger partial charge is 0.466 e. The van der Waals surface area contributed by atoms with Gasteiger partial charge in [0.15, 0.2) is 0 Å². The van der Waals surface area contributed by atoms with E-state index in [2.05, 4.69) is 18.4 Å². The minimum absolute atomic E-state index is 0.0254. The Morgan fingerprint density at radius 2 is 2.58 bits per heavy atom. The van der Waals surface area contributed by atoms with Crippen molar-refractivity contribution in [2.75, 3.05) is 6.61 Å². The monoisotopic (exact) mass is 164 g/mol. The highest BCUT2D eigenvalue weighted by atomic mass is 16.5. The third-order valence-electron chi connectivity index (χ3n) is 1.75. The van der Waals surface area contributed by atoms with Crippen LogP contribution >= 0.6 is 0 Å². The Balaban J connectivity index is 2.32. The number of esters is 1. The highest BCUT2D eigenvalue weighted by Gasteiger charge is 2.43. The second kappa shape index (κ2) is 3.96. The van der Waals surface area contributed by atoms with E-state index < -0.39 is 0 Å². The summed E-state index contributed by atoms with van der Waals surface area (Å²) < 4.78 is 4.84. The van der Waals surface area contributed by atoms with E-state index in [1.807, 2.05) is 6.92 Å². The quantitative estimate of drug-likeness (QED) is 0.455. The lowest BCUT2D eigenvalue weighted by atomic mass is 10.3. The minimum Gasteiger partial charge on any atom is -0.466 e. The molecule has 1 rings (SSSR count). The molecule has 0 spiro atoms. The van der Waals surface area contributed by atoms with Crippen LogP contribution in [0.15, 0.2) is 12.7 Å². The first kappa shape index (κ1) is 8.86. The van der Waals surface area contributed by atoms with Crippen LogP contribution in [-0.4, -0.2) is 12.6 Å². The van der Waals surface area contributed by atoms with Crippen LogP contribution in [0.1, 0.15) is 13.3 Å². The van der Waals surface area contributed by atoms with Crippen LogP contribution in [0.2, 0.25) is 0 Å². The zero-order valence-electron chi connectivity index (χ0n) is 7.17. The summed E-state index contributed by atoms with van der Waals surface area (Å²) in [5.74, 6) is 5.80. The predicted molar refractivity (Wildman–Crippen MR) is 46.2 cm³/mol. The average molecular weight is 164 g/mol. The van der Waals surface area contributed by atoms with Crippen LogP contribution in [0.3, 0.4) is 0 Å². The van der Waals surface area contributed by atoms with Crippen LogP contribution in [0.4, 0.5) is 0 Å². The van der Waals surface area contributed by atoms with E-state index >= 15 is 0 Å². The Morgan fingerprint density at radius 1 is 1.83 bits per heavy atom. The molecular weight excluding hydrogens is 152 g/mol. The van der Waals surface area contributed by atoms with E-state index in [1.165, 1.54) is 0 Å². The molecule has 0 N–H and O–H groups in total. The van der Waals surface area contributed by atoms with Gasteiger partial charge in [-0.05, 0) is 19.4 Å². The fraction of sp³-hybridized carbons (Fsp3) is 0.500. The van der Waals surface area contributed by atoms with Gasteiger partial charge in [0.05, 0.1) is 12.5 Å². The fourth-order valence-corrected chi connectivity index (χ4v) is 1.03. The van der Waals surface area contributed by atoms with Gasteiger partial charge in [0, 0.05) is 5.92 Å². The molecular formula is C10H12O2. The van der Waals surface area contributed by atoms with Crippen molar-refractivity contribution in [1.29, 1.82) is 0 Å². The Morgan fingerprint density at radius 3 is 3.17 bits per heavy atom. The molecule has 2 atom stereocenters. The van der Waals surface area contributed by atoms with E-state index in [9.17, 15) is 4.79 Å². The highest BCUT2D eigenvalue weighted by molar-refractivity contribution is 5.76. The van der Waals surface area contributed by atoms with Crippen LogP contribution in [0, 0.1) is 23.7 Å². The summed E-state index contributed by atoms with van der Waals surface area (Å²) in [5, 5.41) is 0. The smallest absolute Gasteiger partial charge is 0.310 e. The van der Waals surface area contributed by atoms with Crippen LogP contribution in [0.5, 0.6) is 0 Å². The Bertz CT molecular complexity index is 244. The van der Waals surface area contributed by atoms with Crippen molar-refractivity contribution in [2.24, 2.45) is 11.8 Å². The number of ether oxygens (including phenoxy) is 1. The minimum atomic E-state index is -0.110. The van der Waals surface area contributed by atoms with Crippen LogP contribution in [0.25, 0.3) is 0 Å². The summed E-state index contributed by atoms with van der Waals surface area (Å²) in [7, 11) is 0. The van der Waals surface area contributed by atoms with E-state index in [-0.39, 0.29) is 17.8 Å². The second-order valence-electron chi connectivity index (χ2n) is 2.69. The van der Waals surface area contributed by atoms with Gasteiger partial charge in [-0.2, -0.15) is 0 Å². The van der Waals surface area contributed by atoms with Gasteiger partial charge >= 0.3 is 5.97 Å². The lowest BCUT2D eigenvalue weighted by molar-refractivity contribution is -0.144. The molecule has 64 valence electrons. The first-order valence-electron chi connectivity index (χ1n) is 4.08. The van der Waals surface area contributed by atoms with Crippen molar-refractivity contribution in [3.8, 4) is 11.8 Å². The molecule has 12 heavy (non-hydrogen) atoms. The maximum absolute atomic E-state index is 11.1. The summed E-state index contributed by atoms with van der Waals surface area (Å²) in [5.41, 5.74) is 0. The van der Waals surface area contributed by atoms with E-state index in [0.717, 1.165) is 6.42 Å². The molecule has 0 aromatic carbocycles.